The van der Waals surface area contributed by atoms with Gasteiger partial charge in [-0.1, -0.05) is 12.1 Å². The maximum Gasteiger partial charge on any atom is 0.231 e. The lowest BCUT2D eigenvalue weighted by Gasteiger charge is -2.12. The lowest BCUT2D eigenvalue weighted by atomic mass is 10.1. The average Bonchev–Trinajstić information content (AvgIpc) is 3.14. The number of nitrogens with one attached hydrogen (secondary N) is 1. The van der Waals surface area contributed by atoms with Crippen molar-refractivity contribution >= 4 is 16.7 Å². The number of benzene rings is 2. The molecule has 1 aliphatic rings. The number of aromatic nitrogens is 2. The summed E-state index contributed by atoms with van der Waals surface area (Å²) < 4.78 is 21.7. The zero-order valence-corrected chi connectivity index (χ0v) is 13.9. The number of anilines is 1. The molecular formula is C18H17N3O4. The highest BCUT2D eigenvalue weighted by Gasteiger charge is 2.17. The Kier molecular flexibility index (Phi) is 3.89. The molecular weight excluding hydrogens is 322 g/mol. The summed E-state index contributed by atoms with van der Waals surface area (Å²) in [6.07, 6.45) is 1.52. The van der Waals surface area contributed by atoms with E-state index in [0.29, 0.717) is 23.9 Å². The second-order valence-corrected chi connectivity index (χ2v) is 5.45. The van der Waals surface area contributed by atoms with Crippen molar-refractivity contribution in [1.29, 1.82) is 0 Å². The summed E-state index contributed by atoms with van der Waals surface area (Å²) in [7, 11) is 3.20. The molecule has 2 aromatic carbocycles. The molecule has 0 saturated carbocycles. The van der Waals surface area contributed by atoms with Gasteiger partial charge in [-0.05, 0) is 12.1 Å². The van der Waals surface area contributed by atoms with Gasteiger partial charge in [0.1, 0.15) is 12.1 Å². The van der Waals surface area contributed by atoms with Crippen LogP contribution in [0.15, 0.2) is 36.7 Å². The number of fused-ring (bicyclic) bond motifs is 2. The van der Waals surface area contributed by atoms with Gasteiger partial charge in [-0.15, -0.1) is 0 Å². The van der Waals surface area contributed by atoms with E-state index in [4.69, 9.17) is 18.9 Å². The van der Waals surface area contributed by atoms with Gasteiger partial charge < -0.3 is 24.3 Å². The summed E-state index contributed by atoms with van der Waals surface area (Å²) in [5, 5.41) is 4.19. The van der Waals surface area contributed by atoms with Gasteiger partial charge in [0.25, 0.3) is 0 Å². The molecule has 3 aromatic rings. The SMILES string of the molecule is COc1cc2ncnc(NCc3cccc4c3OCO4)c2cc1OC. The van der Waals surface area contributed by atoms with Gasteiger partial charge >= 0.3 is 0 Å². The first-order valence-corrected chi connectivity index (χ1v) is 7.78. The average molecular weight is 339 g/mol. The number of ether oxygens (including phenoxy) is 4. The van der Waals surface area contributed by atoms with Crippen LogP contribution in [-0.2, 0) is 6.54 Å². The zero-order valence-electron chi connectivity index (χ0n) is 13.9. The monoisotopic (exact) mass is 339 g/mol. The minimum Gasteiger partial charge on any atom is -0.493 e. The Morgan fingerprint density at radius 2 is 1.92 bits per heavy atom. The molecule has 0 radical (unpaired) electrons. The number of para-hydroxylation sites is 1. The van der Waals surface area contributed by atoms with E-state index in [0.717, 1.165) is 28.0 Å². The fraction of sp³-hybridized carbons (Fsp3) is 0.222. The molecule has 7 heteroatoms. The lowest BCUT2D eigenvalue weighted by Crippen LogP contribution is -2.04. The van der Waals surface area contributed by atoms with Crippen molar-refractivity contribution in [2.75, 3.05) is 26.3 Å². The van der Waals surface area contributed by atoms with Gasteiger partial charge in [-0.2, -0.15) is 0 Å². The molecule has 2 heterocycles. The highest BCUT2D eigenvalue weighted by molar-refractivity contribution is 5.91. The number of nitrogens with zero attached hydrogens (tertiary/aromatic N) is 2. The van der Waals surface area contributed by atoms with Crippen LogP contribution in [0.4, 0.5) is 5.82 Å². The number of methoxy groups -OCH3 is 2. The Morgan fingerprint density at radius 3 is 2.76 bits per heavy atom. The fourth-order valence-electron chi connectivity index (χ4n) is 2.83. The third-order valence-electron chi connectivity index (χ3n) is 4.07. The molecule has 7 nitrogen and oxygen atoms in total. The first-order chi connectivity index (χ1) is 12.3. The molecule has 4 rings (SSSR count). The van der Waals surface area contributed by atoms with Gasteiger partial charge in [-0.3, -0.25) is 0 Å². The molecule has 25 heavy (non-hydrogen) atoms. The van der Waals surface area contributed by atoms with Gasteiger partial charge in [0.05, 0.1) is 19.7 Å². The Labute approximate surface area is 144 Å². The van der Waals surface area contributed by atoms with Crippen molar-refractivity contribution in [3.63, 3.8) is 0 Å². The largest absolute Gasteiger partial charge is 0.493 e. The quantitative estimate of drug-likeness (QED) is 0.766. The standard InChI is InChI=1S/C18H17N3O4/c1-22-15-6-12-13(7-16(15)23-2)20-9-21-18(12)19-8-11-4-3-5-14-17(11)25-10-24-14/h3-7,9H,8,10H2,1-2H3,(H,19,20,21). The highest BCUT2D eigenvalue weighted by atomic mass is 16.7. The normalized spacial score (nSPS) is 12.2. The molecule has 0 bridgehead atoms. The van der Waals surface area contributed by atoms with Crippen molar-refractivity contribution in [3.8, 4) is 23.0 Å². The first-order valence-electron chi connectivity index (χ1n) is 7.78. The van der Waals surface area contributed by atoms with E-state index < -0.39 is 0 Å². The Balaban J connectivity index is 1.67. The Bertz CT molecular complexity index is 930. The smallest absolute Gasteiger partial charge is 0.231 e. The van der Waals surface area contributed by atoms with E-state index in [9.17, 15) is 0 Å². The molecule has 1 N–H and O–H groups in total. The number of hydrogen-bond acceptors (Lipinski definition) is 7. The van der Waals surface area contributed by atoms with Crippen LogP contribution in [-0.4, -0.2) is 31.0 Å². The van der Waals surface area contributed by atoms with Crippen LogP contribution in [0.3, 0.4) is 0 Å². The van der Waals surface area contributed by atoms with Crippen molar-refractivity contribution < 1.29 is 18.9 Å². The Morgan fingerprint density at radius 1 is 1.08 bits per heavy atom. The van der Waals surface area contributed by atoms with Gasteiger partial charge in [0.15, 0.2) is 23.0 Å². The predicted octanol–water partition coefficient (Wildman–Crippen LogP) is 2.99. The van der Waals surface area contributed by atoms with Crippen LogP contribution in [0.1, 0.15) is 5.56 Å². The molecule has 1 aromatic heterocycles. The molecule has 1 aliphatic heterocycles. The first kappa shape index (κ1) is 15.3. The molecule has 0 fully saturated rings. The molecule has 0 saturated heterocycles. The van der Waals surface area contributed by atoms with Crippen molar-refractivity contribution in [2.45, 2.75) is 6.54 Å². The summed E-state index contributed by atoms with van der Waals surface area (Å²) in [6.45, 7) is 0.798. The van der Waals surface area contributed by atoms with Crippen molar-refractivity contribution in [1.82, 2.24) is 9.97 Å². The summed E-state index contributed by atoms with van der Waals surface area (Å²) in [5.41, 5.74) is 1.77. The third kappa shape index (κ3) is 2.73. The van der Waals surface area contributed by atoms with E-state index in [-0.39, 0.29) is 6.79 Å². The topological polar surface area (TPSA) is 74.7 Å². The van der Waals surface area contributed by atoms with E-state index >= 15 is 0 Å². The van der Waals surface area contributed by atoms with Crippen LogP contribution in [0, 0.1) is 0 Å². The van der Waals surface area contributed by atoms with Gasteiger partial charge in [0.2, 0.25) is 6.79 Å². The van der Waals surface area contributed by atoms with Gasteiger partial charge in [0, 0.05) is 23.6 Å². The predicted molar refractivity (Wildman–Crippen MR) is 92.5 cm³/mol. The summed E-state index contributed by atoms with van der Waals surface area (Å²) in [6, 6.07) is 9.52. The van der Waals surface area contributed by atoms with Gasteiger partial charge in [-0.25, -0.2) is 9.97 Å². The maximum absolute atomic E-state index is 5.54. The maximum atomic E-state index is 5.54. The second kappa shape index (κ2) is 6.35. The lowest BCUT2D eigenvalue weighted by molar-refractivity contribution is 0.173. The minimum absolute atomic E-state index is 0.250. The second-order valence-electron chi connectivity index (χ2n) is 5.45. The highest BCUT2D eigenvalue weighted by Crippen LogP contribution is 2.36. The van der Waals surface area contributed by atoms with Crippen molar-refractivity contribution in [3.05, 3.63) is 42.2 Å². The summed E-state index contributed by atoms with van der Waals surface area (Å²) >= 11 is 0. The van der Waals surface area contributed by atoms with Crippen molar-refractivity contribution in [2.24, 2.45) is 0 Å². The minimum atomic E-state index is 0.250. The fourth-order valence-corrected chi connectivity index (χ4v) is 2.83. The van der Waals surface area contributed by atoms with E-state index in [1.165, 1.54) is 6.33 Å². The molecule has 128 valence electrons. The molecule has 0 amide bonds. The van der Waals surface area contributed by atoms with Crippen LogP contribution < -0.4 is 24.3 Å². The molecule has 0 spiro atoms. The molecule has 0 aliphatic carbocycles. The summed E-state index contributed by atoms with van der Waals surface area (Å²) in [5.74, 6) is 3.50. The van der Waals surface area contributed by atoms with Crippen LogP contribution >= 0.6 is 0 Å². The summed E-state index contributed by atoms with van der Waals surface area (Å²) in [4.78, 5) is 8.66. The van der Waals surface area contributed by atoms with Crippen LogP contribution in [0.25, 0.3) is 10.9 Å². The molecule has 0 atom stereocenters. The van der Waals surface area contributed by atoms with Crippen LogP contribution in [0.5, 0.6) is 23.0 Å². The van der Waals surface area contributed by atoms with E-state index in [1.807, 2.05) is 30.3 Å². The third-order valence-corrected chi connectivity index (χ3v) is 4.07. The zero-order chi connectivity index (χ0) is 17.2. The van der Waals surface area contributed by atoms with Crippen LogP contribution in [0.2, 0.25) is 0 Å². The molecule has 0 unspecified atom stereocenters. The number of hydrogen-bond donors (Lipinski definition) is 1. The van der Waals surface area contributed by atoms with E-state index in [2.05, 4.69) is 15.3 Å². The Hall–Kier alpha value is -3.22. The number of rotatable bonds is 5. The van der Waals surface area contributed by atoms with E-state index in [1.54, 1.807) is 14.2 Å².